The zero-order valence-corrected chi connectivity index (χ0v) is 11.4. The van der Waals surface area contributed by atoms with Crippen molar-refractivity contribution in [2.45, 2.75) is 26.6 Å². The van der Waals surface area contributed by atoms with Crippen LogP contribution in [0.2, 0.25) is 0 Å². The van der Waals surface area contributed by atoms with Crippen molar-refractivity contribution >= 4 is 11.7 Å². The lowest BCUT2D eigenvalue weighted by molar-refractivity contribution is -0.137. The van der Waals surface area contributed by atoms with Gasteiger partial charge in [-0.05, 0) is 31.5 Å². The van der Waals surface area contributed by atoms with E-state index < -0.39 is 17.8 Å². The minimum absolute atomic E-state index is 0.00729. The molecular formula is C13H18F3N3O. The molecule has 0 radical (unpaired) electrons. The van der Waals surface area contributed by atoms with Gasteiger partial charge < -0.3 is 16.0 Å². The molecule has 0 atom stereocenters. The van der Waals surface area contributed by atoms with Crippen LogP contribution in [0.15, 0.2) is 18.2 Å². The van der Waals surface area contributed by atoms with E-state index in [1.54, 1.807) is 13.8 Å². The van der Waals surface area contributed by atoms with Crippen LogP contribution in [0.1, 0.15) is 25.0 Å². The number of hydrogen-bond donors (Lipinski definition) is 2. The molecule has 0 aromatic heterocycles. The predicted molar refractivity (Wildman–Crippen MR) is 71.3 cm³/mol. The molecule has 0 spiro atoms. The number of amides is 2. The number of hydrogen-bond acceptors (Lipinski definition) is 2. The molecule has 0 aliphatic carbocycles. The van der Waals surface area contributed by atoms with Gasteiger partial charge in [0.1, 0.15) is 0 Å². The summed E-state index contributed by atoms with van der Waals surface area (Å²) >= 11 is 0. The molecule has 2 amide bonds. The number of carbonyl (C=O) groups excluding carboxylic acids is 1. The first-order chi connectivity index (χ1) is 9.33. The Balaban J connectivity index is 3.09. The topological polar surface area (TPSA) is 58.4 Å². The Morgan fingerprint density at radius 3 is 2.35 bits per heavy atom. The van der Waals surface area contributed by atoms with Crippen LogP contribution in [-0.2, 0) is 12.7 Å². The van der Waals surface area contributed by atoms with E-state index in [0.717, 1.165) is 6.07 Å². The van der Waals surface area contributed by atoms with E-state index in [-0.39, 0.29) is 12.2 Å². The van der Waals surface area contributed by atoms with Crippen molar-refractivity contribution in [3.8, 4) is 0 Å². The average Bonchev–Trinajstić information content (AvgIpc) is 2.39. The number of anilines is 1. The maximum atomic E-state index is 13.0. The monoisotopic (exact) mass is 289 g/mol. The second-order valence-electron chi connectivity index (χ2n) is 4.18. The molecule has 0 heterocycles. The van der Waals surface area contributed by atoms with Crippen LogP contribution in [0.3, 0.4) is 0 Å². The molecule has 0 saturated carbocycles. The molecule has 112 valence electrons. The Labute approximate surface area is 115 Å². The number of urea groups is 1. The molecule has 1 aromatic rings. The van der Waals surface area contributed by atoms with Crippen LogP contribution in [-0.4, -0.2) is 24.0 Å². The summed E-state index contributed by atoms with van der Waals surface area (Å²) in [6.45, 7) is 4.36. The van der Waals surface area contributed by atoms with E-state index in [1.807, 2.05) is 0 Å². The summed E-state index contributed by atoms with van der Waals surface area (Å²) in [5, 5.41) is 2.30. The van der Waals surface area contributed by atoms with Gasteiger partial charge in [0.15, 0.2) is 0 Å². The molecule has 4 nitrogen and oxygen atoms in total. The lowest BCUT2D eigenvalue weighted by Gasteiger charge is -2.21. The van der Waals surface area contributed by atoms with Crippen LogP contribution >= 0.6 is 0 Å². The highest BCUT2D eigenvalue weighted by atomic mass is 19.4. The van der Waals surface area contributed by atoms with Gasteiger partial charge >= 0.3 is 12.2 Å². The molecule has 0 saturated heterocycles. The van der Waals surface area contributed by atoms with Gasteiger partial charge in [-0.3, -0.25) is 0 Å². The summed E-state index contributed by atoms with van der Waals surface area (Å²) < 4.78 is 38.9. The first-order valence-corrected chi connectivity index (χ1v) is 6.29. The Morgan fingerprint density at radius 2 is 1.90 bits per heavy atom. The molecule has 0 aliphatic rings. The van der Waals surface area contributed by atoms with Crippen LogP contribution in [0.4, 0.5) is 23.7 Å². The normalized spacial score (nSPS) is 11.3. The van der Waals surface area contributed by atoms with Gasteiger partial charge in [-0.15, -0.1) is 0 Å². The van der Waals surface area contributed by atoms with Gasteiger partial charge in [0.25, 0.3) is 0 Å². The molecule has 0 fully saturated rings. The minimum atomic E-state index is -4.54. The number of nitrogens with zero attached hydrogens (tertiary/aromatic N) is 1. The zero-order chi connectivity index (χ0) is 15.3. The number of benzene rings is 1. The van der Waals surface area contributed by atoms with E-state index >= 15 is 0 Å². The Kier molecular flexibility index (Phi) is 5.38. The number of alkyl halides is 3. The Hall–Kier alpha value is -1.76. The first kappa shape index (κ1) is 16.3. The lowest BCUT2D eigenvalue weighted by atomic mass is 10.1. The van der Waals surface area contributed by atoms with Gasteiger partial charge in [-0.2, -0.15) is 13.2 Å². The van der Waals surface area contributed by atoms with E-state index in [1.165, 1.54) is 17.0 Å². The summed E-state index contributed by atoms with van der Waals surface area (Å²) in [5.41, 5.74) is 4.56. The van der Waals surface area contributed by atoms with Crippen molar-refractivity contribution in [2.75, 3.05) is 18.4 Å². The summed E-state index contributed by atoms with van der Waals surface area (Å²) in [7, 11) is 0. The SMILES string of the molecule is CCN(CC)C(=O)Nc1ccc(CN)cc1C(F)(F)F. The molecule has 1 rings (SSSR count). The van der Waals surface area contributed by atoms with Gasteiger partial charge in [0.2, 0.25) is 0 Å². The fourth-order valence-corrected chi connectivity index (χ4v) is 1.77. The van der Waals surface area contributed by atoms with Gasteiger partial charge in [-0.1, -0.05) is 6.07 Å². The summed E-state index contributed by atoms with van der Waals surface area (Å²) in [5.74, 6) is 0. The number of nitrogens with two attached hydrogens (primary N) is 1. The zero-order valence-electron chi connectivity index (χ0n) is 11.4. The number of halogens is 3. The van der Waals surface area contributed by atoms with Crippen LogP contribution in [0.5, 0.6) is 0 Å². The van der Waals surface area contributed by atoms with E-state index in [2.05, 4.69) is 5.32 Å². The van der Waals surface area contributed by atoms with Gasteiger partial charge in [0.05, 0.1) is 11.3 Å². The highest BCUT2D eigenvalue weighted by Crippen LogP contribution is 2.35. The molecule has 3 N–H and O–H groups in total. The van der Waals surface area contributed by atoms with Crippen LogP contribution in [0, 0.1) is 0 Å². The fourth-order valence-electron chi connectivity index (χ4n) is 1.77. The summed E-state index contributed by atoms with van der Waals surface area (Å²) in [4.78, 5) is 13.2. The maximum Gasteiger partial charge on any atom is 0.418 e. The number of rotatable bonds is 4. The fraction of sp³-hybridized carbons (Fsp3) is 0.462. The number of nitrogens with one attached hydrogen (secondary N) is 1. The van der Waals surface area contributed by atoms with Gasteiger partial charge in [-0.25, -0.2) is 4.79 Å². The predicted octanol–water partition coefficient (Wildman–Crippen LogP) is 3.04. The van der Waals surface area contributed by atoms with Crippen molar-refractivity contribution in [1.29, 1.82) is 0 Å². The maximum absolute atomic E-state index is 13.0. The first-order valence-electron chi connectivity index (χ1n) is 6.29. The molecule has 20 heavy (non-hydrogen) atoms. The molecule has 0 aliphatic heterocycles. The Morgan fingerprint density at radius 1 is 1.30 bits per heavy atom. The summed E-state index contributed by atoms with van der Waals surface area (Å²) in [6.07, 6.45) is -4.54. The van der Waals surface area contributed by atoms with Crippen molar-refractivity contribution in [3.63, 3.8) is 0 Å². The Bertz CT molecular complexity index is 470. The average molecular weight is 289 g/mol. The van der Waals surface area contributed by atoms with Gasteiger partial charge in [0, 0.05) is 19.6 Å². The number of carbonyl (C=O) groups is 1. The molecule has 0 unspecified atom stereocenters. The second kappa shape index (κ2) is 6.60. The van der Waals surface area contributed by atoms with E-state index in [4.69, 9.17) is 5.73 Å². The molecule has 7 heteroatoms. The smallest absolute Gasteiger partial charge is 0.326 e. The van der Waals surface area contributed by atoms with Crippen molar-refractivity contribution < 1.29 is 18.0 Å². The van der Waals surface area contributed by atoms with Crippen LogP contribution < -0.4 is 11.1 Å². The highest BCUT2D eigenvalue weighted by molar-refractivity contribution is 5.90. The van der Waals surface area contributed by atoms with Crippen molar-refractivity contribution in [1.82, 2.24) is 4.90 Å². The highest BCUT2D eigenvalue weighted by Gasteiger charge is 2.34. The third kappa shape index (κ3) is 3.86. The van der Waals surface area contributed by atoms with Crippen LogP contribution in [0.25, 0.3) is 0 Å². The van der Waals surface area contributed by atoms with E-state index in [0.29, 0.717) is 18.7 Å². The van der Waals surface area contributed by atoms with E-state index in [9.17, 15) is 18.0 Å². The standard InChI is InChI=1S/C13H18F3N3O/c1-3-19(4-2)12(20)18-11-6-5-9(8-17)7-10(11)13(14,15)16/h5-7H,3-4,8,17H2,1-2H3,(H,18,20). The largest absolute Gasteiger partial charge is 0.418 e. The minimum Gasteiger partial charge on any atom is -0.326 e. The summed E-state index contributed by atoms with van der Waals surface area (Å²) in [6, 6.07) is 3.10. The van der Waals surface area contributed by atoms with Crippen molar-refractivity contribution in [3.05, 3.63) is 29.3 Å². The third-order valence-electron chi connectivity index (χ3n) is 2.92. The van der Waals surface area contributed by atoms with Crippen molar-refractivity contribution in [2.24, 2.45) is 5.73 Å². The third-order valence-corrected chi connectivity index (χ3v) is 2.92. The molecular weight excluding hydrogens is 271 g/mol. The lowest BCUT2D eigenvalue weighted by Crippen LogP contribution is -2.35. The molecule has 1 aromatic carbocycles. The second-order valence-corrected chi connectivity index (χ2v) is 4.18. The molecule has 0 bridgehead atoms. The quantitative estimate of drug-likeness (QED) is 0.895.